The van der Waals surface area contributed by atoms with Crippen LogP contribution in [0.4, 0.5) is 4.79 Å². The summed E-state index contributed by atoms with van der Waals surface area (Å²) in [7, 11) is 0. The van der Waals surface area contributed by atoms with E-state index in [2.05, 4.69) is 5.32 Å². The van der Waals surface area contributed by atoms with Crippen molar-refractivity contribution in [2.75, 3.05) is 13.1 Å². The minimum Gasteiger partial charge on any atom is -0.449 e. The second kappa shape index (κ2) is 7.65. The molecule has 0 unspecified atom stereocenters. The summed E-state index contributed by atoms with van der Waals surface area (Å²) in [5.41, 5.74) is 3.26. The van der Waals surface area contributed by atoms with Gasteiger partial charge in [-0.15, -0.1) is 0 Å². The number of carbonyl (C=O) groups is 3. The summed E-state index contributed by atoms with van der Waals surface area (Å²) in [6.07, 6.45) is -1.03. The summed E-state index contributed by atoms with van der Waals surface area (Å²) in [5, 5.41) is 2.56. The number of amides is 3. The molecule has 3 amide bonds. The summed E-state index contributed by atoms with van der Waals surface area (Å²) in [6, 6.07) is 11.3. The van der Waals surface area contributed by atoms with Crippen molar-refractivity contribution < 1.29 is 19.1 Å². The summed E-state index contributed by atoms with van der Waals surface area (Å²) in [6.45, 7) is 6.60. The number of urea groups is 1. The first-order valence-electron chi connectivity index (χ1n) is 8.89. The lowest BCUT2D eigenvalue weighted by atomic mass is 10.2. The van der Waals surface area contributed by atoms with Crippen LogP contribution in [-0.4, -0.2) is 46.6 Å². The predicted octanol–water partition coefficient (Wildman–Crippen LogP) is 2.25. The maximum absolute atomic E-state index is 12.6. The van der Waals surface area contributed by atoms with Crippen LogP contribution < -0.4 is 5.32 Å². The molecule has 0 aliphatic carbocycles. The Kier molecular flexibility index (Phi) is 5.30. The van der Waals surface area contributed by atoms with Crippen LogP contribution in [0.5, 0.6) is 0 Å². The van der Waals surface area contributed by atoms with E-state index < -0.39 is 24.0 Å². The Balaban J connectivity index is 1.72. The van der Waals surface area contributed by atoms with Gasteiger partial charge in [-0.05, 0) is 32.4 Å². The van der Waals surface area contributed by atoms with Crippen molar-refractivity contribution in [3.05, 3.63) is 58.9 Å². The van der Waals surface area contributed by atoms with Crippen LogP contribution in [-0.2, 0) is 16.1 Å². The number of rotatable bonds is 5. The van der Waals surface area contributed by atoms with Gasteiger partial charge in [0.15, 0.2) is 6.10 Å². The molecule has 27 heavy (non-hydrogen) atoms. The number of hydrogen-bond acceptors (Lipinski definition) is 4. The molecule has 7 heteroatoms. The van der Waals surface area contributed by atoms with Crippen LogP contribution in [0.1, 0.15) is 34.2 Å². The first-order valence-corrected chi connectivity index (χ1v) is 8.89. The van der Waals surface area contributed by atoms with Crippen LogP contribution >= 0.6 is 0 Å². The second-order valence-electron chi connectivity index (χ2n) is 6.63. The average molecular weight is 369 g/mol. The smallest absolute Gasteiger partial charge is 0.340 e. The number of imide groups is 1. The maximum atomic E-state index is 12.6. The summed E-state index contributed by atoms with van der Waals surface area (Å²) in [5.74, 6) is -1.08. The fraction of sp³-hybridized carbons (Fsp3) is 0.350. The van der Waals surface area contributed by atoms with Crippen molar-refractivity contribution in [1.29, 1.82) is 0 Å². The van der Waals surface area contributed by atoms with Gasteiger partial charge in [0.1, 0.15) is 0 Å². The molecule has 1 aromatic carbocycles. The molecule has 142 valence electrons. The van der Waals surface area contributed by atoms with Crippen LogP contribution in [0, 0.1) is 13.8 Å². The lowest BCUT2D eigenvalue weighted by molar-refractivity contribution is -0.136. The molecule has 1 fully saturated rings. The summed E-state index contributed by atoms with van der Waals surface area (Å²) >= 11 is 0. The summed E-state index contributed by atoms with van der Waals surface area (Å²) < 4.78 is 7.37. The van der Waals surface area contributed by atoms with Crippen molar-refractivity contribution in [3.8, 4) is 0 Å². The largest absolute Gasteiger partial charge is 0.449 e. The molecular formula is C20H23N3O4. The van der Waals surface area contributed by atoms with E-state index in [1.165, 1.54) is 6.92 Å². The number of esters is 1. The van der Waals surface area contributed by atoms with Gasteiger partial charge in [0, 0.05) is 31.0 Å². The highest BCUT2D eigenvalue weighted by Crippen LogP contribution is 2.19. The van der Waals surface area contributed by atoms with Crippen molar-refractivity contribution in [1.82, 2.24) is 14.8 Å². The van der Waals surface area contributed by atoms with Crippen LogP contribution in [0.3, 0.4) is 0 Å². The molecule has 1 atom stereocenters. The van der Waals surface area contributed by atoms with Gasteiger partial charge in [-0.25, -0.2) is 9.59 Å². The molecule has 7 nitrogen and oxygen atoms in total. The first kappa shape index (κ1) is 18.7. The highest BCUT2D eigenvalue weighted by Gasteiger charge is 2.32. The fourth-order valence-electron chi connectivity index (χ4n) is 3.19. The lowest BCUT2D eigenvalue weighted by Gasteiger charge is -2.18. The highest BCUT2D eigenvalue weighted by atomic mass is 16.5. The van der Waals surface area contributed by atoms with Crippen molar-refractivity contribution in [2.24, 2.45) is 0 Å². The predicted molar refractivity (Wildman–Crippen MR) is 99.4 cm³/mol. The minimum absolute atomic E-state index is 0.283. The molecule has 1 N–H and O–H groups in total. The van der Waals surface area contributed by atoms with Gasteiger partial charge in [-0.1, -0.05) is 30.3 Å². The Morgan fingerprint density at radius 2 is 1.93 bits per heavy atom. The number of aryl methyl sites for hydroxylation is 1. The van der Waals surface area contributed by atoms with Gasteiger partial charge in [0.25, 0.3) is 5.91 Å². The molecule has 1 aromatic heterocycles. The molecule has 0 saturated carbocycles. The van der Waals surface area contributed by atoms with Gasteiger partial charge >= 0.3 is 12.0 Å². The Labute approximate surface area is 157 Å². The number of aromatic nitrogens is 1. The zero-order chi connectivity index (χ0) is 19.6. The number of nitrogens with zero attached hydrogens (tertiary/aromatic N) is 2. The van der Waals surface area contributed by atoms with Gasteiger partial charge in [-0.3, -0.25) is 9.69 Å². The zero-order valence-corrected chi connectivity index (χ0v) is 15.7. The van der Waals surface area contributed by atoms with E-state index in [9.17, 15) is 14.4 Å². The molecule has 1 aliphatic rings. The molecule has 2 heterocycles. The number of carbonyl (C=O) groups excluding carboxylic acids is 3. The van der Waals surface area contributed by atoms with E-state index in [0.717, 1.165) is 21.9 Å². The van der Waals surface area contributed by atoms with Crippen molar-refractivity contribution in [2.45, 2.75) is 33.4 Å². The Bertz CT molecular complexity index is 873. The highest BCUT2D eigenvalue weighted by molar-refractivity contribution is 5.99. The molecule has 2 aromatic rings. The Hall–Kier alpha value is -3.09. The molecule has 3 rings (SSSR count). The monoisotopic (exact) mass is 369 g/mol. The quantitative estimate of drug-likeness (QED) is 0.820. The Morgan fingerprint density at radius 3 is 2.56 bits per heavy atom. The first-order chi connectivity index (χ1) is 12.9. The SMILES string of the molecule is Cc1cc(C(=O)O[C@H](C)C(=O)N2CCNC2=O)c(C)n1Cc1ccccc1. The molecular weight excluding hydrogens is 346 g/mol. The van der Waals surface area contributed by atoms with E-state index in [0.29, 0.717) is 18.7 Å². The van der Waals surface area contributed by atoms with Crippen LogP contribution in [0.2, 0.25) is 0 Å². The van der Waals surface area contributed by atoms with E-state index >= 15 is 0 Å². The third-order valence-electron chi connectivity index (χ3n) is 4.73. The van der Waals surface area contributed by atoms with Gasteiger partial charge in [-0.2, -0.15) is 0 Å². The number of nitrogens with one attached hydrogen (secondary N) is 1. The zero-order valence-electron chi connectivity index (χ0n) is 15.7. The van der Waals surface area contributed by atoms with Crippen LogP contribution in [0.25, 0.3) is 0 Å². The molecule has 0 spiro atoms. The second-order valence-corrected chi connectivity index (χ2v) is 6.63. The van der Waals surface area contributed by atoms with Gasteiger partial charge in [0.05, 0.1) is 5.56 Å². The maximum Gasteiger partial charge on any atom is 0.340 e. The number of benzene rings is 1. The van der Waals surface area contributed by atoms with E-state index in [-0.39, 0.29) is 6.54 Å². The average Bonchev–Trinajstić information content (AvgIpc) is 3.20. The summed E-state index contributed by atoms with van der Waals surface area (Å²) in [4.78, 5) is 37.6. The lowest BCUT2D eigenvalue weighted by Crippen LogP contribution is -2.41. The fourth-order valence-corrected chi connectivity index (χ4v) is 3.19. The van der Waals surface area contributed by atoms with Crippen LogP contribution in [0.15, 0.2) is 36.4 Å². The molecule has 0 bridgehead atoms. The molecule has 0 radical (unpaired) electrons. The molecule has 1 aliphatic heterocycles. The van der Waals surface area contributed by atoms with E-state index in [1.54, 1.807) is 6.07 Å². The normalized spacial score (nSPS) is 14.8. The third-order valence-corrected chi connectivity index (χ3v) is 4.73. The Morgan fingerprint density at radius 1 is 1.22 bits per heavy atom. The molecule has 1 saturated heterocycles. The number of ether oxygens (including phenoxy) is 1. The minimum atomic E-state index is -1.03. The number of hydrogen-bond donors (Lipinski definition) is 1. The topological polar surface area (TPSA) is 80.6 Å². The van der Waals surface area contributed by atoms with Gasteiger partial charge < -0.3 is 14.6 Å². The van der Waals surface area contributed by atoms with Crippen molar-refractivity contribution in [3.63, 3.8) is 0 Å². The van der Waals surface area contributed by atoms with Gasteiger partial charge in [0.2, 0.25) is 0 Å². The van der Waals surface area contributed by atoms with E-state index in [4.69, 9.17) is 4.74 Å². The standard InChI is InChI=1S/C20H23N3O4/c1-13-11-17(14(2)23(13)12-16-7-5-4-6-8-16)19(25)27-15(3)18(24)22-10-9-21-20(22)26/h4-8,11,15H,9-10,12H2,1-3H3,(H,21,26)/t15-/m1/s1. The third kappa shape index (κ3) is 3.86. The van der Waals surface area contributed by atoms with Crippen molar-refractivity contribution >= 4 is 17.9 Å². The van der Waals surface area contributed by atoms with E-state index in [1.807, 2.05) is 48.7 Å².